The van der Waals surface area contributed by atoms with E-state index in [2.05, 4.69) is 6.07 Å². The van der Waals surface area contributed by atoms with Gasteiger partial charge >= 0.3 is 0 Å². The fraction of sp³-hybridized carbons (Fsp3) is 0.467. The van der Waals surface area contributed by atoms with Gasteiger partial charge in [-0.25, -0.2) is 17.2 Å². The molecule has 1 aromatic carbocycles. The van der Waals surface area contributed by atoms with Crippen LogP contribution < -0.4 is 5.32 Å². The first-order valence-corrected chi connectivity index (χ1v) is 8.85. The number of alkyl halides is 2. The number of halogens is 2. The van der Waals surface area contributed by atoms with Crippen LogP contribution in [0.25, 0.3) is 0 Å². The van der Waals surface area contributed by atoms with Gasteiger partial charge in [0.2, 0.25) is 10.0 Å². The molecule has 1 N–H and O–H groups in total. The molecular formula is C15H17F2N3O3S. The number of rotatable bonds is 5. The molecule has 1 fully saturated rings. The molecular weight excluding hydrogens is 340 g/mol. The van der Waals surface area contributed by atoms with Crippen molar-refractivity contribution >= 4 is 15.9 Å². The van der Waals surface area contributed by atoms with Crippen molar-refractivity contribution in [3.05, 3.63) is 29.8 Å². The first-order valence-electron chi connectivity index (χ1n) is 7.40. The molecule has 1 unspecified atom stereocenters. The van der Waals surface area contributed by atoms with Crippen molar-refractivity contribution in [3.63, 3.8) is 0 Å². The van der Waals surface area contributed by atoms with Crippen LogP contribution in [0.1, 0.15) is 23.2 Å². The number of hydrogen-bond acceptors (Lipinski definition) is 4. The highest BCUT2D eigenvalue weighted by atomic mass is 32.2. The van der Waals surface area contributed by atoms with Crippen LogP contribution in [0.3, 0.4) is 0 Å². The fourth-order valence-corrected chi connectivity index (χ4v) is 3.99. The summed E-state index contributed by atoms with van der Waals surface area (Å²) in [5.74, 6) is -1.02. The number of hydrogen-bond donors (Lipinski definition) is 1. The molecule has 1 atom stereocenters. The van der Waals surface area contributed by atoms with Gasteiger partial charge in [0.15, 0.2) is 0 Å². The van der Waals surface area contributed by atoms with E-state index in [1.165, 1.54) is 28.6 Å². The molecule has 0 aliphatic carbocycles. The average Bonchev–Trinajstić information content (AvgIpc) is 2.59. The Morgan fingerprint density at radius 2 is 2.04 bits per heavy atom. The molecule has 24 heavy (non-hydrogen) atoms. The van der Waals surface area contributed by atoms with Crippen molar-refractivity contribution in [2.75, 3.05) is 19.6 Å². The number of carbonyl (C=O) groups excluding carboxylic acids is 1. The number of nitrogens with zero attached hydrogens (tertiary/aromatic N) is 2. The minimum absolute atomic E-state index is 0.00602. The van der Waals surface area contributed by atoms with Crippen LogP contribution in [-0.2, 0) is 10.0 Å². The van der Waals surface area contributed by atoms with Crippen LogP contribution in [0.5, 0.6) is 0 Å². The largest absolute Gasteiger partial charge is 0.346 e. The van der Waals surface area contributed by atoms with Crippen molar-refractivity contribution in [2.45, 2.75) is 24.2 Å². The third kappa shape index (κ3) is 4.27. The Bertz CT molecular complexity index is 729. The van der Waals surface area contributed by atoms with E-state index >= 15 is 0 Å². The molecule has 0 radical (unpaired) electrons. The topological polar surface area (TPSA) is 90.3 Å². The summed E-state index contributed by atoms with van der Waals surface area (Å²) in [5, 5.41) is 11.0. The van der Waals surface area contributed by atoms with Gasteiger partial charge in [-0.15, -0.1) is 0 Å². The molecule has 0 spiro atoms. The maximum absolute atomic E-state index is 12.6. The molecule has 1 aliphatic heterocycles. The fourth-order valence-electron chi connectivity index (χ4n) is 2.47. The normalized spacial score (nSPS) is 19.0. The summed E-state index contributed by atoms with van der Waals surface area (Å²) in [6, 6.07) is 7.17. The Morgan fingerprint density at radius 3 is 2.62 bits per heavy atom. The maximum Gasteiger partial charge on any atom is 0.255 e. The summed E-state index contributed by atoms with van der Waals surface area (Å²) in [6.07, 6.45) is -1.36. The second-order valence-electron chi connectivity index (χ2n) is 5.46. The molecule has 2 rings (SSSR count). The SMILES string of the molecule is N#CC1CCCN(S(=O)(=O)c2ccc(C(=O)NCC(F)F)cc2)C1. The first-order chi connectivity index (χ1) is 11.3. The number of benzene rings is 1. The van der Waals surface area contributed by atoms with Gasteiger partial charge in [-0.3, -0.25) is 4.79 Å². The minimum atomic E-state index is -3.74. The van der Waals surface area contributed by atoms with E-state index in [0.717, 1.165) is 0 Å². The summed E-state index contributed by atoms with van der Waals surface area (Å²) in [5.41, 5.74) is 0.100. The molecule has 130 valence electrons. The van der Waals surface area contributed by atoms with Gasteiger partial charge in [-0.2, -0.15) is 9.57 Å². The summed E-state index contributed by atoms with van der Waals surface area (Å²) in [7, 11) is -3.74. The van der Waals surface area contributed by atoms with Crippen LogP contribution in [0.15, 0.2) is 29.2 Å². The number of nitriles is 1. The quantitative estimate of drug-likeness (QED) is 0.867. The zero-order valence-corrected chi connectivity index (χ0v) is 13.6. The molecule has 1 aliphatic rings. The smallest absolute Gasteiger partial charge is 0.255 e. The Balaban J connectivity index is 2.12. The second kappa shape index (κ2) is 7.68. The molecule has 0 bridgehead atoms. The Morgan fingerprint density at radius 1 is 1.38 bits per heavy atom. The van der Waals surface area contributed by atoms with E-state index in [9.17, 15) is 22.0 Å². The second-order valence-corrected chi connectivity index (χ2v) is 7.39. The van der Waals surface area contributed by atoms with Crippen LogP contribution in [-0.4, -0.2) is 44.7 Å². The van der Waals surface area contributed by atoms with Crippen LogP contribution >= 0.6 is 0 Å². The number of sulfonamides is 1. The minimum Gasteiger partial charge on any atom is -0.346 e. The molecule has 1 saturated heterocycles. The van der Waals surface area contributed by atoms with Crippen LogP contribution in [0.2, 0.25) is 0 Å². The van der Waals surface area contributed by atoms with Gasteiger partial charge in [0.1, 0.15) is 0 Å². The Hall–Kier alpha value is -2.05. The van der Waals surface area contributed by atoms with E-state index in [1.807, 2.05) is 5.32 Å². The molecule has 9 heteroatoms. The van der Waals surface area contributed by atoms with Gasteiger partial charge < -0.3 is 5.32 Å². The number of amides is 1. The molecule has 1 aromatic rings. The zero-order chi connectivity index (χ0) is 17.7. The van der Waals surface area contributed by atoms with E-state index in [-0.39, 0.29) is 22.9 Å². The van der Waals surface area contributed by atoms with Crippen molar-refractivity contribution in [2.24, 2.45) is 5.92 Å². The van der Waals surface area contributed by atoms with E-state index < -0.39 is 28.9 Å². The summed E-state index contributed by atoms with van der Waals surface area (Å²) >= 11 is 0. The van der Waals surface area contributed by atoms with Crippen molar-refractivity contribution < 1.29 is 22.0 Å². The zero-order valence-electron chi connectivity index (χ0n) is 12.8. The molecule has 1 heterocycles. The van der Waals surface area contributed by atoms with Crippen LogP contribution in [0.4, 0.5) is 8.78 Å². The van der Waals surface area contributed by atoms with Gasteiger partial charge in [0.05, 0.1) is 23.4 Å². The highest BCUT2D eigenvalue weighted by Gasteiger charge is 2.30. The lowest BCUT2D eigenvalue weighted by Gasteiger charge is -2.28. The first kappa shape index (κ1) is 18.3. The number of nitrogens with one attached hydrogen (secondary N) is 1. The highest BCUT2D eigenvalue weighted by Crippen LogP contribution is 2.23. The molecule has 0 aromatic heterocycles. The summed E-state index contributed by atoms with van der Waals surface area (Å²) in [4.78, 5) is 11.7. The Labute approximate surface area is 139 Å². The third-order valence-corrected chi connectivity index (χ3v) is 5.62. The van der Waals surface area contributed by atoms with Gasteiger partial charge in [-0.1, -0.05) is 0 Å². The lowest BCUT2D eigenvalue weighted by molar-refractivity contribution is 0.0891. The standard InChI is InChI=1S/C15H17F2N3O3S/c16-14(17)9-19-15(21)12-3-5-13(6-4-12)24(22,23)20-7-1-2-11(8-18)10-20/h3-6,11,14H,1-2,7,9-10H2,(H,19,21). The van der Waals surface area contributed by atoms with Crippen molar-refractivity contribution in [3.8, 4) is 6.07 Å². The van der Waals surface area contributed by atoms with E-state index in [0.29, 0.717) is 19.4 Å². The van der Waals surface area contributed by atoms with Crippen LogP contribution in [0, 0.1) is 17.2 Å². The highest BCUT2D eigenvalue weighted by molar-refractivity contribution is 7.89. The maximum atomic E-state index is 12.6. The van der Waals surface area contributed by atoms with Gasteiger partial charge in [0.25, 0.3) is 12.3 Å². The lowest BCUT2D eigenvalue weighted by Crippen LogP contribution is -2.39. The van der Waals surface area contributed by atoms with E-state index in [4.69, 9.17) is 5.26 Å². The monoisotopic (exact) mass is 357 g/mol. The Kier molecular flexibility index (Phi) is 5.85. The lowest BCUT2D eigenvalue weighted by atomic mass is 10.0. The van der Waals surface area contributed by atoms with Gasteiger partial charge in [-0.05, 0) is 37.1 Å². The summed E-state index contributed by atoms with van der Waals surface area (Å²) in [6.45, 7) is -0.269. The molecule has 0 saturated carbocycles. The predicted molar refractivity (Wildman–Crippen MR) is 81.9 cm³/mol. The van der Waals surface area contributed by atoms with E-state index in [1.54, 1.807) is 0 Å². The van der Waals surface area contributed by atoms with Crippen molar-refractivity contribution in [1.29, 1.82) is 5.26 Å². The predicted octanol–water partition coefficient (Wildman–Crippen LogP) is 1.61. The molecule has 1 amide bonds. The van der Waals surface area contributed by atoms with Crippen molar-refractivity contribution in [1.82, 2.24) is 9.62 Å². The number of piperidine rings is 1. The third-order valence-electron chi connectivity index (χ3n) is 3.74. The molecule has 6 nitrogen and oxygen atoms in total. The number of carbonyl (C=O) groups is 1. The van der Waals surface area contributed by atoms with Gasteiger partial charge in [0, 0.05) is 18.7 Å². The average molecular weight is 357 g/mol. The summed E-state index contributed by atoms with van der Waals surface area (Å²) < 4.78 is 50.5.